The molecule has 2 rings (SSSR count). The van der Waals surface area contributed by atoms with E-state index in [9.17, 15) is 4.79 Å². The Balaban J connectivity index is 1.76. The first-order valence-corrected chi connectivity index (χ1v) is 7.17. The van der Waals surface area contributed by atoms with Gasteiger partial charge in [-0.15, -0.1) is 11.8 Å². The second kappa shape index (κ2) is 4.78. The number of fused-ring (bicyclic) bond motifs is 1. The van der Waals surface area contributed by atoms with Crippen LogP contribution in [0, 0.1) is 5.92 Å². The smallest absolute Gasteiger partial charge is 0.230 e. The number of rotatable bonds is 3. The van der Waals surface area contributed by atoms with E-state index in [1.165, 1.54) is 0 Å². The summed E-state index contributed by atoms with van der Waals surface area (Å²) in [7, 11) is 0. The fourth-order valence-corrected chi connectivity index (χ4v) is 3.08. The summed E-state index contributed by atoms with van der Waals surface area (Å²) in [5, 5.41) is 3.00. The van der Waals surface area contributed by atoms with E-state index in [2.05, 4.69) is 26.1 Å². The first kappa shape index (κ1) is 13.2. The third-order valence-corrected chi connectivity index (χ3v) is 4.68. The maximum Gasteiger partial charge on any atom is 0.230 e. The van der Waals surface area contributed by atoms with Gasteiger partial charge in [-0.25, -0.2) is 0 Å². The lowest BCUT2D eigenvalue weighted by Gasteiger charge is -2.45. The zero-order valence-electron chi connectivity index (χ0n) is 10.7. The quantitative estimate of drug-likeness (QED) is 0.784. The van der Waals surface area contributed by atoms with Gasteiger partial charge in [-0.05, 0) is 6.42 Å². The van der Waals surface area contributed by atoms with Crippen LogP contribution in [-0.2, 0) is 9.53 Å². The van der Waals surface area contributed by atoms with Gasteiger partial charge in [0.2, 0.25) is 5.91 Å². The van der Waals surface area contributed by atoms with Crippen molar-refractivity contribution in [3.8, 4) is 0 Å². The molecule has 1 amide bonds. The molecule has 0 bridgehead atoms. The van der Waals surface area contributed by atoms with Gasteiger partial charge in [0, 0.05) is 23.3 Å². The Bertz CT molecular complexity index is 303. The second-order valence-corrected chi connectivity index (χ2v) is 7.66. The molecule has 1 aliphatic heterocycles. The number of amides is 1. The van der Waals surface area contributed by atoms with Crippen molar-refractivity contribution in [2.24, 2.45) is 11.7 Å². The Morgan fingerprint density at radius 2 is 2.24 bits per heavy atom. The van der Waals surface area contributed by atoms with Crippen LogP contribution in [0.1, 0.15) is 27.2 Å². The summed E-state index contributed by atoms with van der Waals surface area (Å²) in [6, 6.07) is 0.0988. The van der Waals surface area contributed by atoms with Gasteiger partial charge in [-0.2, -0.15) is 0 Å². The molecule has 4 nitrogen and oxygen atoms in total. The van der Waals surface area contributed by atoms with Gasteiger partial charge >= 0.3 is 0 Å². The van der Waals surface area contributed by atoms with Crippen molar-refractivity contribution in [2.75, 3.05) is 12.4 Å². The molecule has 98 valence electrons. The first-order chi connectivity index (χ1) is 7.88. The first-order valence-electron chi connectivity index (χ1n) is 6.19. The number of hydrogen-bond donors (Lipinski definition) is 2. The van der Waals surface area contributed by atoms with E-state index in [-0.39, 0.29) is 28.8 Å². The van der Waals surface area contributed by atoms with Crippen LogP contribution >= 0.6 is 11.8 Å². The fourth-order valence-electron chi connectivity index (χ4n) is 2.44. The third-order valence-electron chi connectivity index (χ3n) is 3.41. The van der Waals surface area contributed by atoms with Gasteiger partial charge < -0.3 is 15.8 Å². The largest absolute Gasteiger partial charge is 0.376 e. The maximum atomic E-state index is 11.8. The fraction of sp³-hybridized carbons (Fsp3) is 0.917. The highest BCUT2D eigenvalue weighted by Crippen LogP contribution is 2.37. The number of nitrogens with one attached hydrogen (secondary N) is 1. The predicted molar refractivity (Wildman–Crippen MR) is 70.0 cm³/mol. The van der Waals surface area contributed by atoms with Crippen molar-refractivity contribution >= 4 is 17.7 Å². The minimum absolute atomic E-state index is 0.0237. The van der Waals surface area contributed by atoms with Crippen LogP contribution in [0.15, 0.2) is 0 Å². The van der Waals surface area contributed by atoms with Crippen molar-refractivity contribution < 1.29 is 9.53 Å². The average Bonchev–Trinajstić information content (AvgIpc) is 2.66. The molecule has 17 heavy (non-hydrogen) atoms. The SMILES string of the molecule is CC(C)(C)SCC(=O)NC1C(N)C2CCOC21. The Morgan fingerprint density at radius 3 is 2.88 bits per heavy atom. The molecule has 1 aliphatic carbocycles. The van der Waals surface area contributed by atoms with E-state index < -0.39 is 0 Å². The van der Waals surface area contributed by atoms with E-state index in [1.54, 1.807) is 11.8 Å². The minimum atomic E-state index is 0.0237. The van der Waals surface area contributed by atoms with Gasteiger partial charge in [0.05, 0.1) is 17.9 Å². The molecule has 5 heteroatoms. The lowest BCUT2D eigenvalue weighted by Crippen LogP contribution is -2.69. The second-order valence-electron chi connectivity index (χ2n) is 5.86. The molecule has 2 fully saturated rings. The molecule has 1 heterocycles. The molecule has 0 radical (unpaired) electrons. The van der Waals surface area contributed by atoms with Crippen LogP contribution in [0.25, 0.3) is 0 Å². The van der Waals surface area contributed by atoms with Crippen LogP contribution in [0.2, 0.25) is 0 Å². The van der Waals surface area contributed by atoms with E-state index in [0.717, 1.165) is 13.0 Å². The highest BCUT2D eigenvalue weighted by molar-refractivity contribution is 8.01. The number of thioether (sulfide) groups is 1. The van der Waals surface area contributed by atoms with Crippen molar-refractivity contribution in [1.29, 1.82) is 0 Å². The molecule has 1 saturated heterocycles. The topological polar surface area (TPSA) is 64.4 Å². The van der Waals surface area contributed by atoms with Gasteiger partial charge in [0.25, 0.3) is 0 Å². The Morgan fingerprint density at radius 1 is 1.53 bits per heavy atom. The molecule has 1 saturated carbocycles. The van der Waals surface area contributed by atoms with E-state index in [0.29, 0.717) is 11.7 Å². The molecule has 3 N–H and O–H groups in total. The highest BCUT2D eigenvalue weighted by atomic mass is 32.2. The summed E-state index contributed by atoms with van der Waals surface area (Å²) in [6.45, 7) is 7.11. The van der Waals surface area contributed by atoms with E-state index >= 15 is 0 Å². The van der Waals surface area contributed by atoms with Crippen molar-refractivity contribution in [3.63, 3.8) is 0 Å². The Hall–Kier alpha value is -0.260. The van der Waals surface area contributed by atoms with Crippen LogP contribution in [0.3, 0.4) is 0 Å². The zero-order valence-corrected chi connectivity index (χ0v) is 11.5. The van der Waals surface area contributed by atoms with Crippen LogP contribution in [0.5, 0.6) is 0 Å². The van der Waals surface area contributed by atoms with E-state index in [1.807, 2.05) is 0 Å². The number of ether oxygens (including phenoxy) is 1. The zero-order chi connectivity index (χ0) is 12.6. The number of nitrogens with two attached hydrogens (primary N) is 1. The normalized spacial score (nSPS) is 36.2. The average molecular weight is 258 g/mol. The highest BCUT2D eigenvalue weighted by Gasteiger charge is 2.52. The number of hydrogen-bond acceptors (Lipinski definition) is 4. The van der Waals surface area contributed by atoms with Gasteiger partial charge in [-0.1, -0.05) is 20.8 Å². The number of carbonyl (C=O) groups excluding carboxylic acids is 1. The monoisotopic (exact) mass is 258 g/mol. The minimum Gasteiger partial charge on any atom is -0.376 e. The van der Waals surface area contributed by atoms with Crippen LogP contribution in [-0.4, -0.2) is 41.2 Å². The lowest BCUT2D eigenvalue weighted by atomic mass is 9.72. The van der Waals surface area contributed by atoms with Crippen molar-refractivity contribution in [1.82, 2.24) is 5.32 Å². The van der Waals surface area contributed by atoms with Gasteiger partial charge in [-0.3, -0.25) is 4.79 Å². The molecule has 0 aromatic heterocycles. The Kier molecular flexibility index (Phi) is 3.71. The van der Waals surface area contributed by atoms with Crippen LogP contribution in [0.4, 0.5) is 0 Å². The van der Waals surface area contributed by atoms with Gasteiger partial charge in [0.15, 0.2) is 0 Å². The molecule has 4 atom stereocenters. The Labute approximate surface area is 107 Å². The molecule has 0 aromatic rings. The summed E-state index contributed by atoms with van der Waals surface area (Å²) in [5.41, 5.74) is 6.04. The van der Waals surface area contributed by atoms with E-state index in [4.69, 9.17) is 10.5 Å². The maximum absolute atomic E-state index is 11.8. The summed E-state index contributed by atoms with van der Waals surface area (Å²) in [4.78, 5) is 11.8. The molecular formula is C12H22N2O2S. The molecular weight excluding hydrogens is 236 g/mol. The summed E-state index contributed by atoms with van der Waals surface area (Å²) in [5.74, 6) is 1.01. The lowest BCUT2D eigenvalue weighted by molar-refractivity contribution is -0.123. The summed E-state index contributed by atoms with van der Waals surface area (Å²) >= 11 is 1.65. The van der Waals surface area contributed by atoms with Crippen molar-refractivity contribution in [3.05, 3.63) is 0 Å². The standard InChI is InChI=1S/C12H22N2O2S/c1-12(2,3)17-6-8(15)14-10-9(13)7-4-5-16-11(7)10/h7,9-11H,4-6,13H2,1-3H3,(H,14,15). The molecule has 0 aromatic carbocycles. The summed E-state index contributed by atoms with van der Waals surface area (Å²) < 4.78 is 5.70. The van der Waals surface area contributed by atoms with Crippen molar-refractivity contribution in [2.45, 2.75) is 50.1 Å². The summed E-state index contributed by atoms with van der Waals surface area (Å²) in [6.07, 6.45) is 1.20. The molecule has 0 spiro atoms. The predicted octanol–water partition coefficient (Wildman–Crippen LogP) is 0.749. The van der Waals surface area contributed by atoms with Gasteiger partial charge in [0.1, 0.15) is 0 Å². The molecule has 2 aliphatic rings. The third kappa shape index (κ3) is 2.95. The number of carbonyl (C=O) groups is 1. The molecule has 4 unspecified atom stereocenters. The van der Waals surface area contributed by atoms with Crippen LogP contribution < -0.4 is 11.1 Å².